The zero-order valence-electron chi connectivity index (χ0n) is 25.0. The summed E-state index contributed by atoms with van der Waals surface area (Å²) in [5.74, 6) is -0.454. The molecule has 2 aromatic heterocycles. The molecular formula is C28H43BrClFN6O4. The van der Waals surface area contributed by atoms with Gasteiger partial charge in [-0.25, -0.2) is 14.2 Å². The van der Waals surface area contributed by atoms with Gasteiger partial charge >= 0.3 is 12.1 Å². The van der Waals surface area contributed by atoms with Crippen molar-refractivity contribution in [2.45, 2.75) is 78.4 Å². The third-order valence-electron chi connectivity index (χ3n) is 7.28. The molecule has 1 N–H and O–H groups in total. The minimum atomic E-state index is -0.780. The van der Waals surface area contributed by atoms with E-state index in [0.717, 1.165) is 38.8 Å². The summed E-state index contributed by atoms with van der Waals surface area (Å²) in [6.45, 7) is 14.8. The van der Waals surface area contributed by atoms with E-state index in [1.807, 2.05) is 41.5 Å². The normalized spacial score (nSPS) is 16.2. The lowest BCUT2D eigenvalue weighted by molar-refractivity contribution is 0.0265. The summed E-state index contributed by atoms with van der Waals surface area (Å²) < 4.78 is 27.2. The van der Waals surface area contributed by atoms with Gasteiger partial charge in [0.05, 0.1) is 17.5 Å². The van der Waals surface area contributed by atoms with Crippen LogP contribution in [-0.4, -0.2) is 99.6 Å². The first kappa shape index (κ1) is 33.5. The lowest BCUT2D eigenvalue weighted by Gasteiger charge is -2.32. The second-order valence-corrected chi connectivity index (χ2v) is 12.1. The van der Waals surface area contributed by atoms with Crippen LogP contribution in [0.5, 0.6) is 6.01 Å². The lowest BCUT2D eigenvalue weighted by Crippen LogP contribution is -2.43. The SMILES string of the molecule is CC.CCN(CCN(CCO)c1nc(OCC23CCCN2CCC3)nc2c(F)c(Cl)nc(Br)c12)C(=O)OC(C)(C)C. The van der Waals surface area contributed by atoms with Crippen LogP contribution in [0.3, 0.4) is 0 Å². The Morgan fingerprint density at radius 1 is 1.15 bits per heavy atom. The predicted molar refractivity (Wildman–Crippen MR) is 162 cm³/mol. The van der Waals surface area contributed by atoms with Crippen LogP contribution in [0.4, 0.5) is 15.0 Å². The number of likely N-dealkylation sites (N-methyl/N-ethyl adjacent to an activating group) is 1. The molecule has 4 rings (SSSR count). The maximum Gasteiger partial charge on any atom is 0.410 e. The Morgan fingerprint density at radius 3 is 2.39 bits per heavy atom. The van der Waals surface area contributed by atoms with Crippen molar-refractivity contribution >= 4 is 50.3 Å². The maximum atomic E-state index is 15.3. The van der Waals surface area contributed by atoms with E-state index in [1.165, 1.54) is 0 Å². The number of anilines is 1. The van der Waals surface area contributed by atoms with Crippen molar-refractivity contribution in [2.75, 3.05) is 57.4 Å². The second kappa shape index (κ2) is 14.4. The molecule has 0 radical (unpaired) electrons. The number of fused-ring (bicyclic) bond motifs is 2. The number of aromatic nitrogens is 3. The van der Waals surface area contributed by atoms with Crippen molar-refractivity contribution in [3.63, 3.8) is 0 Å². The number of carbonyl (C=O) groups is 1. The van der Waals surface area contributed by atoms with Crippen molar-refractivity contribution < 1.29 is 23.8 Å². The fraction of sp³-hybridized carbons (Fsp3) is 0.714. The molecule has 0 unspecified atom stereocenters. The molecule has 2 aliphatic heterocycles. The van der Waals surface area contributed by atoms with Gasteiger partial charge in [0.1, 0.15) is 28.1 Å². The van der Waals surface area contributed by atoms with Crippen LogP contribution in [0.1, 0.15) is 67.2 Å². The molecule has 4 heterocycles. The lowest BCUT2D eigenvalue weighted by atomic mass is 9.95. The maximum absolute atomic E-state index is 15.3. The van der Waals surface area contributed by atoms with Crippen LogP contribution in [0.15, 0.2) is 4.60 Å². The topological polar surface area (TPSA) is 104 Å². The number of hydrogen-bond donors (Lipinski definition) is 1. The zero-order chi connectivity index (χ0) is 30.4. The standard InChI is InChI=1S/C26H37BrClFN6O4.C2H6/c1-5-33(24(37)39-25(2,3)4)12-13-34(14-15-36)22-17-19(18(29)21(28)31-20(17)27)30-23(32-22)38-16-26-8-6-10-35(26)11-7-9-26;1-2/h36H,5-16H2,1-4H3;1-2H3. The Balaban J connectivity index is 0.00000226. The number of ether oxygens (including phenoxy) is 2. The summed E-state index contributed by atoms with van der Waals surface area (Å²) in [6, 6.07) is 0.0288. The second-order valence-electron chi connectivity index (χ2n) is 11.0. The van der Waals surface area contributed by atoms with E-state index in [0.29, 0.717) is 24.4 Å². The van der Waals surface area contributed by atoms with Crippen LogP contribution >= 0.6 is 27.5 Å². The molecule has 2 saturated heterocycles. The van der Waals surface area contributed by atoms with E-state index in [1.54, 1.807) is 9.80 Å². The summed E-state index contributed by atoms with van der Waals surface area (Å²) in [6.07, 6.45) is 3.87. The van der Waals surface area contributed by atoms with Crippen molar-refractivity contribution in [1.29, 1.82) is 0 Å². The highest BCUT2D eigenvalue weighted by Gasteiger charge is 2.45. The molecule has 0 spiro atoms. The van der Waals surface area contributed by atoms with Crippen LogP contribution in [0.25, 0.3) is 10.9 Å². The Morgan fingerprint density at radius 2 is 1.80 bits per heavy atom. The number of rotatable bonds is 10. The Kier molecular flexibility index (Phi) is 11.8. The number of halogens is 3. The predicted octanol–water partition coefficient (Wildman–Crippen LogP) is 5.67. The monoisotopic (exact) mass is 660 g/mol. The van der Waals surface area contributed by atoms with E-state index >= 15 is 4.39 Å². The molecule has 41 heavy (non-hydrogen) atoms. The number of carbonyl (C=O) groups excluding carboxylic acids is 1. The average molecular weight is 662 g/mol. The number of nitrogens with zero attached hydrogens (tertiary/aromatic N) is 6. The third kappa shape index (κ3) is 7.88. The van der Waals surface area contributed by atoms with Gasteiger partial charge in [0.25, 0.3) is 0 Å². The van der Waals surface area contributed by atoms with Gasteiger partial charge in [-0.15, -0.1) is 0 Å². The smallest absolute Gasteiger partial charge is 0.410 e. The third-order valence-corrected chi connectivity index (χ3v) is 8.11. The highest BCUT2D eigenvalue weighted by atomic mass is 79.9. The summed E-state index contributed by atoms with van der Waals surface area (Å²) in [5, 5.41) is 9.87. The van der Waals surface area contributed by atoms with Crippen molar-refractivity contribution in [2.24, 2.45) is 0 Å². The Hall–Kier alpha value is -2.02. The number of amides is 1. The van der Waals surface area contributed by atoms with Crippen molar-refractivity contribution in [3.05, 3.63) is 15.6 Å². The first-order chi connectivity index (χ1) is 19.5. The summed E-state index contributed by atoms with van der Waals surface area (Å²) in [5.41, 5.74) is -0.713. The molecule has 2 fully saturated rings. The minimum absolute atomic E-state index is 0.0288. The van der Waals surface area contributed by atoms with E-state index in [9.17, 15) is 9.90 Å². The van der Waals surface area contributed by atoms with Gasteiger partial charge in [-0.05, 0) is 82.4 Å². The number of aliphatic hydroxyl groups excluding tert-OH is 1. The van der Waals surface area contributed by atoms with E-state index in [2.05, 4.69) is 35.8 Å². The van der Waals surface area contributed by atoms with E-state index < -0.39 is 17.5 Å². The number of hydrogen-bond acceptors (Lipinski definition) is 9. The van der Waals surface area contributed by atoms with E-state index in [-0.39, 0.29) is 53.1 Å². The fourth-order valence-electron chi connectivity index (χ4n) is 5.41. The minimum Gasteiger partial charge on any atom is -0.461 e. The first-order valence-electron chi connectivity index (χ1n) is 14.4. The molecule has 10 nitrogen and oxygen atoms in total. The van der Waals surface area contributed by atoms with Crippen molar-refractivity contribution in [3.8, 4) is 6.01 Å². The summed E-state index contributed by atoms with van der Waals surface area (Å²) in [7, 11) is 0. The van der Waals surface area contributed by atoms with E-state index in [4.69, 9.17) is 21.1 Å². The molecule has 1 amide bonds. The fourth-order valence-corrected chi connectivity index (χ4v) is 6.23. The van der Waals surface area contributed by atoms with Crippen LogP contribution in [-0.2, 0) is 4.74 Å². The van der Waals surface area contributed by atoms with Gasteiger partial charge in [-0.3, -0.25) is 4.90 Å². The van der Waals surface area contributed by atoms with Gasteiger partial charge in [-0.1, -0.05) is 25.4 Å². The summed E-state index contributed by atoms with van der Waals surface area (Å²) in [4.78, 5) is 31.6. The molecule has 13 heteroatoms. The molecule has 0 aromatic carbocycles. The molecule has 0 bridgehead atoms. The van der Waals surface area contributed by atoms with Crippen LogP contribution in [0, 0.1) is 5.82 Å². The Bertz CT molecular complexity index is 1190. The highest BCUT2D eigenvalue weighted by Crippen LogP contribution is 2.40. The van der Waals surface area contributed by atoms with Gasteiger partial charge in [0.2, 0.25) is 0 Å². The molecule has 0 atom stereocenters. The average Bonchev–Trinajstić information content (AvgIpc) is 3.50. The Labute approximate surface area is 255 Å². The highest BCUT2D eigenvalue weighted by molar-refractivity contribution is 9.10. The van der Waals surface area contributed by atoms with Crippen LogP contribution < -0.4 is 9.64 Å². The van der Waals surface area contributed by atoms with Gasteiger partial charge in [0, 0.05) is 26.2 Å². The largest absolute Gasteiger partial charge is 0.461 e. The van der Waals surface area contributed by atoms with Gasteiger partial charge in [0.15, 0.2) is 11.0 Å². The quantitative estimate of drug-likeness (QED) is 0.323. The first-order valence-corrected chi connectivity index (χ1v) is 15.6. The van der Waals surface area contributed by atoms with Gasteiger partial charge < -0.3 is 24.4 Å². The zero-order valence-corrected chi connectivity index (χ0v) is 27.3. The molecular weight excluding hydrogens is 619 g/mol. The molecule has 0 aliphatic carbocycles. The summed E-state index contributed by atoms with van der Waals surface area (Å²) >= 11 is 9.46. The molecule has 230 valence electrons. The van der Waals surface area contributed by atoms with Crippen molar-refractivity contribution in [1.82, 2.24) is 24.8 Å². The number of pyridine rings is 1. The van der Waals surface area contributed by atoms with Crippen LogP contribution in [0.2, 0.25) is 5.15 Å². The van der Waals surface area contributed by atoms with Gasteiger partial charge in [-0.2, -0.15) is 9.97 Å². The molecule has 2 aliphatic rings. The number of aliphatic hydroxyl groups is 1. The molecule has 2 aromatic rings. The molecule has 0 saturated carbocycles.